The molecule has 6 heteroatoms. The largest absolute Gasteiger partial charge is 0.462 e. The highest BCUT2D eigenvalue weighted by Gasteiger charge is 2.19. The van der Waals surface area contributed by atoms with Crippen LogP contribution in [0.15, 0.2) is 194 Å². The molecule has 0 aromatic heterocycles. The Morgan fingerprint density at radius 3 is 0.704 bits per heavy atom. The summed E-state index contributed by atoms with van der Waals surface area (Å²) in [6, 6.07) is 0. The zero-order valence-electron chi connectivity index (χ0n) is 51.5. The number of carbonyl (C=O) groups is 3. The Labute approximate surface area is 497 Å². The number of esters is 3. The first kappa shape index (κ1) is 75.2. The fraction of sp³-hybridized carbons (Fsp3) is 0.533. The predicted molar refractivity (Wildman–Crippen MR) is 352 cm³/mol. The molecule has 0 saturated heterocycles. The summed E-state index contributed by atoms with van der Waals surface area (Å²) >= 11 is 0. The van der Waals surface area contributed by atoms with E-state index in [2.05, 4.69) is 215 Å². The summed E-state index contributed by atoms with van der Waals surface area (Å²) in [5.41, 5.74) is 0. The lowest BCUT2D eigenvalue weighted by Gasteiger charge is -2.18. The standard InChI is InChI=1S/C75H114O6/c1-4-7-10-13-16-19-22-25-28-30-32-34-36-37-39-40-42-44-47-50-53-56-59-62-65-68-74(77)80-71-72(70-79-73(76)67-64-61-58-55-52-49-46-27-24-21-18-15-12-9-6-3)81-75(78)69-66-63-60-57-54-51-48-45-43-41-38-35-33-31-29-26-23-20-17-14-11-8-5-2/h7-12,16-21,25-29,32-35,37,39,41-44,46,48,50-51,53,72H,4-6,13-15,22-24,30-31,36,38,40,45,47,49,52,54-71H2,1-3H3/b10-7-,11-8-,12-9-,19-16-,20-17-,21-18-,28-25-,29-26-,34-32-,35-33-,39-37-,43-41-,44-42-,46-27-,51-48-,53-50-. The summed E-state index contributed by atoms with van der Waals surface area (Å²) in [5.74, 6) is -1.00. The average molecular weight is 1110 g/mol. The van der Waals surface area contributed by atoms with Crippen molar-refractivity contribution in [2.45, 2.75) is 245 Å². The smallest absolute Gasteiger partial charge is 0.306 e. The van der Waals surface area contributed by atoms with Gasteiger partial charge in [-0.05, 0) is 161 Å². The Kier molecular flexibility index (Phi) is 62.0. The molecule has 0 radical (unpaired) electrons. The van der Waals surface area contributed by atoms with Crippen molar-refractivity contribution in [1.82, 2.24) is 0 Å². The summed E-state index contributed by atoms with van der Waals surface area (Å²) < 4.78 is 16.9. The molecule has 0 aliphatic heterocycles. The summed E-state index contributed by atoms with van der Waals surface area (Å²) in [4.78, 5) is 38.3. The third-order valence-corrected chi connectivity index (χ3v) is 12.6. The van der Waals surface area contributed by atoms with Crippen molar-refractivity contribution >= 4 is 17.9 Å². The molecule has 0 spiro atoms. The number of unbranched alkanes of at least 4 members (excludes halogenated alkanes) is 12. The van der Waals surface area contributed by atoms with E-state index >= 15 is 0 Å². The van der Waals surface area contributed by atoms with Crippen LogP contribution in [0.25, 0.3) is 0 Å². The molecule has 0 aliphatic rings. The maximum Gasteiger partial charge on any atom is 0.306 e. The molecule has 0 heterocycles. The molecular formula is C75H114O6. The quantitative estimate of drug-likeness (QED) is 0.0261. The van der Waals surface area contributed by atoms with E-state index in [4.69, 9.17) is 14.2 Å². The fourth-order valence-corrected chi connectivity index (χ4v) is 7.91. The maximum absolute atomic E-state index is 12.9. The molecule has 1 atom stereocenters. The van der Waals surface area contributed by atoms with E-state index in [9.17, 15) is 14.4 Å². The monoisotopic (exact) mass is 1110 g/mol. The van der Waals surface area contributed by atoms with Gasteiger partial charge < -0.3 is 14.2 Å². The number of ether oxygens (including phenoxy) is 3. The Hall–Kier alpha value is -5.75. The first-order chi connectivity index (χ1) is 40.0. The lowest BCUT2D eigenvalue weighted by atomic mass is 10.1. The Bertz CT molecular complexity index is 1950. The number of hydrogen-bond donors (Lipinski definition) is 0. The minimum absolute atomic E-state index is 0.119. The average Bonchev–Trinajstić information content (AvgIpc) is 3.47. The summed E-state index contributed by atoms with van der Waals surface area (Å²) in [5, 5.41) is 0. The van der Waals surface area contributed by atoms with Crippen LogP contribution < -0.4 is 0 Å². The van der Waals surface area contributed by atoms with Crippen molar-refractivity contribution in [2.24, 2.45) is 0 Å². The minimum Gasteiger partial charge on any atom is -0.462 e. The SMILES string of the molecule is CC/C=C\C/C=C\C/C=C\C/C=C\C/C=C\C/C=C\C/C=C\CCCCCC(=O)OCC(COC(=O)CCCCCCC/C=C\C/C=C\C/C=C\CC)OC(=O)CCCCCC/C=C\C/C=C\C/C=C\C/C=C\C/C=C\C/C=C\CC. The molecule has 0 rings (SSSR count). The zero-order valence-corrected chi connectivity index (χ0v) is 51.5. The van der Waals surface area contributed by atoms with E-state index in [-0.39, 0.29) is 37.5 Å². The topological polar surface area (TPSA) is 78.9 Å². The number of hydrogen-bond acceptors (Lipinski definition) is 6. The highest BCUT2D eigenvalue weighted by atomic mass is 16.6. The normalized spacial score (nSPS) is 13.5. The molecule has 450 valence electrons. The van der Waals surface area contributed by atoms with Crippen molar-refractivity contribution in [3.63, 3.8) is 0 Å². The van der Waals surface area contributed by atoms with Crippen molar-refractivity contribution < 1.29 is 28.6 Å². The Balaban J connectivity index is 4.56. The first-order valence-electron chi connectivity index (χ1n) is 31.9. The van der Waals surface area contributed by atoms with E-state index in [1.54, 1.807) is 0 Å². The molecular weight excluding hydrogens is 997 g/mol. The Morgan fingerprint density at radius 1 is 0.247 bits per heavy atom. The van der Waals surface area contributed by atoms with Crippen molar-refractivity contribution in [3.8, 4) is 0 Å². The first-order valence-corrected chi connectivity index (χ1v) is 31.9. The summed E-state index contributed by atoms with van der Waals surface area (Å²) in [6.07, 6.45) is 101. The van der Waals surface area contributed by atoms with Crippen LogP contribution in [0.2, 0.25) is 0 Å². The van der Waals surface area contributed by atoms with Gasteiger partial charge in [-0.15, -0.1) is 0 Å². The van der Waals surface area contributed by atoms with Gasteiger partial charge >= 0.3 is 17.9 Å². The summed E-state index contributed by atoms with van der Waals surface area (Å²) in [7, 11) is 0. The van der Waals surface area contributed by atoms with Crippen LogP contribution in [-0.4, -0.2) is 37.2 Å². The van der Waals surface area contributed by atoms with Gasteiger partial charge in [-0.1, -0.05) is 254 Å². The van der Waals surface area contributed by atoms with Gasteiger partial charge in [-0.2, -0.15) is 0 Å². The van der Waals surface area contributed by atoms with Gasteiger partial charge in [0.05, 0.1) is 0 Å². The van der Waals surface area contributed by atoms with E-state index in [0.29, 0.717) is 12.8 Å². The molecule has 1 unspecified atom stereocenters. The minimum atomic E-state index is -0.828. The van der Waals surface area contributed by atoms with Gasteiger partial charge in [0.15, 0.2) is 6.10 Å². The van der Waals surface area contributed by atoms with E-state index in [1.807, 2.05) is 0 Å². The van der Waals surface area contributed by atoms with Crippen LogP contribution in [0.4, 0.5) is 0 Å². The molecule has 0 N–H and O–H groups in total. The van der Waals surface area contributed by atoms with Crippen molar-refractivity contribution in [3.05, 3.63) is 194 Å². The molecule has 0 aromatic rings. The number of carbonyl (C=O) groups excluding carboxylic acids is 3. The Morgan fingerprint density at radius 2 is 0.444 bits per heavy atom. The zero-order chi connectivity index (χ0) is 58.5. The molecule has 0 aliphatic carbocycles. The predicted octanol–water partition coefficient (Wildman–Crippen LogP) is 22.2. The van der Waals surface area contributed by atoms with E-state index in [1.165, 1.54) is 0 Å². The van der Waals surface area contributed by atoms with Crippen LogP contribution in [0.1, 0.15) is 239 Å². The van der Waals surface area contributed by atoms with Crippen LogP contribution in [-0.2, 0) is 28.6 Å². The lowest BCUT2D eigenvalue weighted by molar-refractivity contribution is -0.167. The second-order valence-corrected chi connectivity index (χ2v) is 20.2. The third-order valence-electron chi connectivity index (χ3n) is 12.6. The maximum atomic E-state index is 12.9. The van der Waals surface area contributed by atoms with Crippen molar-refractivity contribution in [1.29, 1.82) is 0 Å². The number of rotatable bonds is 55. The molecule has 0 amide bonds. The van der Waals surface area contributed by atoms with Gasteiger partial charge in [-0.25, -0.2) is 0 Å². The van der Waals surface area contributed by atoms with Crippen LogP contribution in [0.5, 0.6) is 0 Å². The molecule has 0 bridgehead atoms. The van der Waals surface area contributed by atoms with Crippen LogP contribution in [0.3, 0.4) is 0 Å². The second-order valence-electron chi connectivity index (χ2n) is 20.2. The molecule has 6 nitrogen and oxygen atoms in total. The second kappa shape index (κ2) is 66.8. The molecule has 0 saturated carbocycles. The van der Waals surface area contributed by atoms with E-state index < -0.39 is 6.10 Å². The molecule has 0 aromatic carbocycles. The van der Waals surface area contributed by atoms with Gasteiger partial charge in [0.25, 0.3) is 0 Å². The van der Waals surface area contributed by atoms with Gasteiger partial charge in [0.1, 0.15) is 13.2 Å². The molecule has 81 heavy (non-hydrogen) atoms. The van der Waals surface area contributed by atoms with Crippen LogP contribution in [0, 0.1) is 0 Å². The highest BCUT2D eigenvalue weighted by Crippen LogP contribution is 2.13. The highest BCUT2D eigenvalue weighted by molar-refractivity contribution is 5.71. The van der Waals surface area contributed by atoms with Gasteiger partial charge in [0.2, 0.25) is 0 Å². The lowest BCUT2D eigenvalue weighted by Crippen LogP contribution is -2.30. The van der Waals surface area contributed by atoms with Gasteiger partial charge in [0, 0.05) is 19.3 Å². The fourth-order valence-electron chi connectivity index (χ4n) is 7.91. The van der Waals surface area contributed by atoms with Gasteiger partial charge in [-0.3, -0.25) is 14.4 Å². The van der Waals surface area contributed by atoms with Crippen molar-refractivity contribution in [2.75, 3.05) is 13.2 Å². The third kappa shape index (κ3) is 64.9. The van der Waals surface area contributed by atoms with E-state index in [0.717, 1.165) is 199 Å². The van der Waals surface area contributed by atoms with Crippen LogP contribution >= 0.6 is 0 Å². The molecule has 0 fully saturated rings. The summed E-state index contributed by atoms with van der Waals surface area (Å²) in [6.45, 7) is 6.22. The number of allylic oxidation sites excluding steroid dienone is 32.